The first-order valence-electron chi connectivity index (χ1n) is 6.89. The highest BCUT2D eigenvalue weighted by Crippen LogP contribution is 2.11. The minimum Gasteiger partial charge on any atom is -0.389 e. The Morgan fingerprint density at radius 2 is 2.05 bits per heavy atom. The standard InChI is InChI=1S/C16H21NO2S/c1-2-13-5-7-14(8-6-13)17-10-15(18)11-19-12-16-4-3-9-20-16/h3-9,15,17-18H,2,10-12H2,1H3. The third-order valence-corrected chi connectivity index (χ3v) is 3.89. The molecule has 0 fully saturated rings. The Balaban J connectivity index is 1.65. The van der Waals surface area contributed by atoms with Crippen LogP contribution in [-0.4, -0.2) is 24.4 Å². The Morgan fingerprint density at radius 1 is 1.25 bits per heavy atom. The van der Waals surface area contributed by atoms with Crippen molar-refractivity contribution in [2.75, 3.05) is 18.5 Å². The van der Waals surface area contributed by atoms with Crippen LogP contribution in [0.1, 0.15) is 17.4 Å². The molecular formula is C16H21NO2S. The fourth-order valence-electron chi connectivity index (χ4n) is 1.84. The molecule has 0 aliphatic carbocycles. The van der Waals surface area contributed by atoms with E-state index in [1.54, 1.807) is 11.3 Å². The van der Waals surface area contributed by atoms with Crippen LogP contribution in [0.3, 0.4) is 0 Å². The van der Waals surface area contributed by atoms with Crippen molar-refractivity contribution in [2.24, 2.45) is 0 Å². The zero-order valence-electron chi connectivity index (χ0n) is 11.7. The lowest BCUT2D eigenvalue weighted by Gasteiger charge is -2.13. The maximum atomic E-state index is 9.86. The number of aryl methyl sites for hydroxylation is 1. The molecule has 1 heterocycles. The maximum Gasteiger partial charge on any atom is 0.0945 e. The van der Waals surface area contributed by atoms with E-state index in [-0.39, 0.29) is 0 Å². The summed E-state index contributed by atoms with van der Waals surface area (Å²) in [6, 6.07) is 12.3. The zero-order chi connectivity index (χ0) is 14.2. The van der Waals surface area contributed by atoms with E-state index in [1.165, 1.54) is 10.4 Å². The summed E-state index contributed by atoms with van der Waals surface area (Å²) >= 11 is 1.67. The Labute approximate surface area is 124 Å². The Morgan fingerprint density at radius 3 is 2.70 bits per heavy atom. The van der Waals surface area contributed by atoms with Crippen LogP contribution in [0.4, 0.5) is 5.69 Å². The Bertz CT molecular complexity index is 482. The van der Waals surface area contributed by atoms with Gasteiger partial charge in [0.2, 0.25) is 0 Å². The molecular weight excluding hydrogens is 270 g/mol. The van der Waals surface area contributed by atoms with Gasteiger partial charge in [-0.05, 0) is 35.6 Å². The van der Waals surface area contributed by atoms with Crippen LogP contribution in [0.2, 0.25) is 0 Å². The van der Waals surface area contributed by atoms with Crippen LogP contribution in [0.15, 0.2) is 41.8 Å². The van der Waals surface area contributed by atoms with Gasteiger partial charge >= 0.3 is 0 Å². The minimum absolute atomic E-state index is 0.345. The van der Waals surface area contributed by atoms with E-state index in [2.05, 4.69) is 24.4 Å². The summed E-state index contributed by atoms with van der Waals surface area (Å²) in [5.74, 6) is 0. The molecule has 0 saturated heterocycles. The fourth-order valence-corrected chi connectivity index (χ4v) is 2.48. The van der Waals surface area contributed by atoms with Crippen molar-refractivity contribution in [2.45, 2.75) is 26.1 Å². The van der Waals surface area contributed by atoms with Crippen LogP contribution >= 0.6 is 11.3 Å². The SMILES string of the molecule is CCc1ccc(NCC(O)COCc2cccs2)cc1. The molecule has 2 aromatic rings. The summed E-state index contributed by atoms with van der Waals surface area (Å²) in [7, 11) is 0. The molecule has 0 amide bonds. The first-order chi connectivity index (χ1) is 9.78. The molecule has 1 atom stereocenters. The van der Waals surface area contributed by atoms with Crippen molar-refractivity contribution in [1.82, 2.24) is 0 Å². The lowest BCUT2D eigenvalue weighted by molar-refractivity contribution is 0.0359. The molecule has 2 N–H and O–H groups in total. The summed E-state index contributed by atoms with van der Waals surface area (Å²) in [5.41, 5.74) is 2.34. The van der Waals surface area contributed by atoms with Gasteiger partial charge in [0.05, 0.1) is 19.3 Å². The van der Waals surface area contributed by atoms with Crippen LogP contribution in [0.25, 0.3) is 0 Å². The highest BCUT2D eigenvalue weighted by atomic mass is 32.1. The largest absolute Gasteiger partial charge is 0.389 e. The maximum absolute atomic E-state index is 9.86. The number of hydrogen-bond acceptors (Lipinski definition) is 4. The Kier molecular flexibility index (Phi) is 6.05. The lowest BCUT2D eigenvalue weighted by Crippen LogP contribution is -2.24. The number of hydrogen-bond donors (Lipinski definition) is 2. The number of benzene rings is 1. The number of aliphatic hydroxyl groups is 1. The third-order valence-electron chi connectivity index (χ3n) is 3.04. The summed E-state index contributed by atoms with van der Waals surface area (Å²) in [4.78, 5) is 1.18. The smallest absolute Gasteiger partial charge is 0.0945 e. The number of thiophene rings is 1. The zero-order valence-corrected chi connectivity index (χ0v) is 12.5. The molecule has 1 unspecified atom stereocenters. The van der Waals surface area contributed by atoms with E-state index in [9.17, 15) is 5.11 Å². The van der Waals surface area contributed by atoms with Crippen molar-refractivity contribution in [3.05, 3.63) is 52.2 Å². The molecule has 0 aliphatic rings. The molecule has 2 rings (SSSR count). The van der Waals surface area contributed by atoms with E-state index in [1.807, 2.05) is 29.6 Å². The van der Waals surface area contributed by atoms with Crippen molar-refractivity contribution in [3.8, 4) is 0 Å². The summed E-state index contributed by atoms with van der Waals surface area (Å²) in [6.07, 6.45) is 0.542. The molecule has 0 radical (unpaired) electrons. The lowest BCUT2D eigenvalue weighted by atomic mass is 10.1. The number of ether oxygens (including phenoxy) is 1. The van der Waals surface area contributed by atoms with Crippen molar-refractivity contribution < 1.29 is 9.84 Å². The highest BCUT2D eigenvalue weighted by molar-refractivity contribution is 7.09. The van der Waals surface area contributed by atoms with Gasteiger partial charge in [-0.15, -0.1) is 11.3 Å². The quantitative estimate of drug-likeness (QED) is 0.784. The molecule has 0 bridgehead atoms. The molecule has 0 spiro atoms. The molecule has 20 heavy (non-hydrogen) atoms. The van der Waals surface area contributed by atoms with Crippen LogP contribution < -0.4 is 5.32 Å². The van der Waals surface area contributed by atoms with Crippen molar-refractivity contribution >= 4 is 17.0 Å². The average Bonchev–Trinajstić information content (AvgIpc) is 2.99. The van der Waals surface area contributed by atoms with Gasteiger partial charge in [0.15, 0.2) is 0 Å². The number of nitrogens with one attached hydrogen (secondary N) is 1. The summed E-state index contributed by atoms with van der Waals surface area (Å²) < 4.78 is 5.49. The van der Waals surface area contributed by atoms with E-state index < -0.39 is 6.10 Å². The van der Waals surface area contributed by atoms with E-state index in [0.717, 1.165) is 12.1 Å². The molecule has 1 aromatic heterocycles. The second kappa shape index (κ2) is 8.04. The fraction of sp³-hybridized carbons (Fsp3) is 0.375. The van der Waals surface area contributed by atoms with E-state index in [4.69, 9.17) is 4.74 Å². The van der Waals surface area contributed by atoms with Gasteiger partial charge in [0.25, 0.3) is 0 Å². The first-order valence-corrected chi connectivity index (χ1v) is 7.77. The number of rotatable bonds is 8. The third kappa shape index (κ3) is 4.96. The molecule has 3 nitrogen and oxygen atoms in total. The van der Waals surface area contributed by atoms with Crippen molar-refractivity contribution in [1.29, 1.82) is 0 Å². The normalized spacial score (nSPS) is 12.3. The van der Waals surface area contributed by atoms with Gasteiger partial charge < -0.3 is 15.2 Å². The monoisotopic (exact) mass is 291 g/mol. The van der Waals surface area contributed by atoms with Crippen LogP contribution in [0.5, 0.6) is 0 Å². The molecule has 0 aliphatic heterocycles. The number of anilines is 1. The minimum atomic E-state index is -0.499. The van der Waals surface area contributed by atoms with Gasteiger partial charge in [0, 0.05) is 17.1 Å². The van der Waals surface area contributed by atoms with Gasteiger partial charge in [-0.3, -0.25) is 0 Å². The second-order valence-corrected chi connectivity index (χ2v) is 5.71. The van der Waals surface area contributed by atoms with Crippen molar-refractivity contribution in [3.63, 3.8) is 0 Å². The van der Waals surface area contributed by atoms with Gasteiger partial charge in [0.1, 0.15) is 0 Å². The second-order valence-electron chi connectivity index (χ2n) is 4.68. The van der Waals surface area contributed by atoms with E-state index in [0.29, 0.717) is 19.8 Å². The van der Waals surface area contributed by atoms with Gasteiger partial charge in [-0.1, -0.05) is 25.1 Å². The molecule has 4 heteroatoms. The molecule has 108 valence electrons. The highest BCUT2D eigenvalue weighted by Gasteiger charge is 2.04. The van der Waals surface area contributed by atoms with Gasteiger partial charge in [-0.25, -0.2) is 0 Å². The molecule has 1 aromatic carbocycles. The summed E-state index contributed by atoms with van der Waals surface area (Å²) in [6.45, 7) is 3.55. The predicted molar refractivity (Wildman–Crippen MR) is 84.3 cm³/mol. The first kappa shape index (κ1) is 15.0. The van der Waals surface area contributed by atoms with E-state index >= 15 is 0 Å². The van der Waals surface area contributed by atoms with Crippen LogP contribution in [0, 0.1) is 0 Å². The summed E-state index contributed by atoms with van der Waals surface area (Å²) in [5, 5.41) is 15.1. The average molecular weight is 291 g/mol. The Hall–Kier alpha value is -1.36. The number of aliphatic hydroxyl groups excluding tert-OH is 1. The predicted octanol–water partition coefficient (Wildman–Crippen LogP) is 3.30. The molecule has 0 saturated carbocycles. The van der Waals surface area contributed by atoms with Gasteiger partial charge in [-0.2, -0.15) is 0 Å². The van der Waals surface area contributed by atoms with Crippen LogP contribution in [-0.2, 0) is 17.8 Å². The topological polar surface area (TPSA) is 41.5 Å².